The van der Waals surface area contributed by atoms with Crippen molar-refractivity contribution >= 4 is 32.2 Å². The molecule has 0 radical (unpaired) electrons. The van der Waals surface area contributed by atoms with Crippen LogP contribution in [0.4, 0.5) is 0 Å². The lowest BCUT2D eigenvalue weighted by Crippen LogP contribution is -2.41. The largest absolute Gasteiger partial charge is 0.316 e. The molecule has 120 valence electrons. The van der Waals surface area contributed by atoms with Gasteiger partial charge in [-0.05, 0) is 38.1 Å². The van der Waals surface area contributed by atoms with Gasteiger partial charge >= 0.3 is 0 Å². The van der Waals surface area contributed by atoms with Crippen LogP contribution in [0.25, 0.3) is 0 Å². The molecule has 0 atom stereocenters. The van der Waals surface area contributed by atoms with E-state index in [9.17, 15) is 12.6 Å². The lowest BCUT2D eigenvalue weighted by molar-refractivity contribution is 0.440. The zero-order valence-electron chi connectivity index (χ0n) is 12.2. The number of rotatable bonds is 7. The van der Waals surface area contributed by atoms with E-state index in [1.54, 1.807) is 6.07 Å². The SMILES string of the molecule is CCCNCCc1ccc(S(=O)(=O)N2CCS(=O)CC2)s1. The molecule has 21 heavy (non-hydrogen) atoms. The summed E-state index contributed by atoms with van der Waals surface area (Å²) in [5.41, 5.74) is 0. The molecule has 1 aliphatic heterocycles. The minimum absolute atomic E-state index is 0.361. The molecule has 1 N–H and O–H groups in total. The molecule has 2 rings (SSSR count). The van der Waals surface area contributed by atoms with Crippen molar-refractivity contribution in [3.05, 3.63) is 17.0 Å². The van der Waals surface area contributed by atoms with Crippen LogP contribution in [-0.2, 0) is 27.2 Å². The van der Waals surface area contributed by atoms with Gasteiger partial charge < -0.3 is 5.32 Å². The molecule has 8 heteroatoms. The standard InChI is InChI=1S/C13H22N2O3S3/c1-2-6-14-7-5-12-3-4-13(19-12)21(17,18)15-8-10-20(16)11-9-15/h3-4,14H,2,5-11H2,1H3. The van der Waals surface area contributed by atoms with Crippen LogP contribution in [-0.4, -0.2) is 54.6 Å². The van der Waals surface area contributed by atoms with Crippen LogP contribution in [0.1, 0.15) is 18.2 Å². The molecule has 1 aliphatic rings. The van der Waals surface area contributed by atoms with Gasteiger partial charge in [-0.1, -0.05) is 6.92 Å². The van der Waals surface area contributed by atoms with Crippen molar-refractivity contribution in [3.8, 4) is 0 Å². The van der Waals surface area contributed by atoms with Crippen LogP contribution in [0.3, 0.4) is 0 Å². The van der Waals surface area contributed by atoms with E-state index < -0.39 is 20.8 Å². The normalized spacial score (nSPS) is 18.1. The topological polar surface area (TPSA) is 66.5 Å². The fourth-order valence-corrected chi connectivity index (χ4v) is 6.37. The van der Waals surface area contributed by atoms with E-state index in [0.29, 0.717) is 28.8 Å². The average Bonchev–Trinajstić information content (AvgIpc) is 2.94. The monoisotopic (exact) mass is 350 g/mol. The van der Waals surface area contributed by atoms with E-state index in [0.717, 1.165) is 30.8 Å². The van der Waals surface area contributed by atoms with Crippen LogP contribution in [0.5, 0.6) is 0 Å². The zero-order chi connectivity index (χ0) is 15.3. The minimum Gasteiger partial charge on any atom is -0.316 e. The van der Waals surface area contributed by atoms with Gasteiger partial charge in [-0.3, -0.25) is 4.21 Å². The fraction of sp³-hybridized carbons (Fsp3) is 0.692. The van der Waals surface area contributed by atoms with E-state index >= 15 is 0 Å². The molecule has 1 aromatic rings. The summed E-state index contributed by atoms with van der Waals surface area (Å²) in [4.78, 5) is 1.08. The van der Waals surface area contributed by atoms with Gasteiger partial charge in [0, 0.05) is 40.3 Å². The Bertz CT molecular complexity index is 573. The lowest BCUT2D eigenvalue weighted by Gasteiger charge is -2.24. The first-order valence-corrected chi connectivity index (χ1v) is 10.9. The second-order valence-corrected chi connectivity index (χ2v) is 10.0. The first kappa shape index (κ1) is 17.1. The zero-order valence-corrected chi connectivity index (χ0v) is 14.7. The molecule has 0 amide bonds. The van der Waals surface area contributed by atoms with Gasteiger partial charge in [-0.25, -0.2) is 8.42 Å². The lowest BCUT2D eigenvalue weighted by atomic mass is 10.3. The molecular weight excluding hydrogens is 328 g/mol. The van der Waals surface area contributed by atoms with Crippen molar-refractivity contribution in [3.63, 3.8) is 0 Å². The fourth-order valence-electron chi connectivity index (χ4n) is 2.13. The molecule has 0 aliphatic carbocycles. The second kappa shape index (κ2) is 7.82. The van der Waals surface area contributed by atoms with Gasteiger partial charge in [0.1, 0.15) is 4.21 Å². The summed E-state index contributed by atoms with van der Waals surface area (Å²) in [5.74, 6) is 0.886. The molecule has 1 saturated heterocycles. The maximum Gasteiger partial charge on any atom is 0.252 e. The van der Waals surface area contributed by atoms with E-state index in [1.807, 2.05) is 6.07 Å². The molecule has 0 saturated carbocycles. The molecule has 5 nitrogen and oxygen atoms in total. The maximum atomic E-state index is 12.5. The number of thiophene rings is 1. The Labute approximate surface area is 133 Å². The van der Waals surface area contributed by atoms with Crippen LogP contribution < -0.4 is 5.32 Å². The predicted molar refractivity (Wildman–Crippen MR) is 87.8 cm³/mol. The van der Waals surface area contributed by atoms with E-state index in [2.05, 4.69) is 12.2 Å². The van der Waals surface area contributed by atoms with E-state index in [1.165, 1.54) is 15.6 Å². The molecule has 1 aromatic heterocycles. The smallest absolute Gasteiger partial charge is 0.252 e. The quantitative estimate of drug-likeness (QED) is 0.746. The van der Waals surface area contributed by atoms with Gasteiger partial charge in [0.05, 0.1) is 0 Å². The molecule has 2 heterocycles. The number of nitrogens with zero attached hydrogens (tertiary/aromatic N) is 1. The van der Waals surface area contributed by atoms with Crippen molar-refractivity contribution in [1.82, 2.24) is 9.62 Å². The molecule has 0 bridgehead atoms. The summed E-state index contributed by atoms with van der Waals surface area (Å²) in [5, 5.41) is 3.31. The van der Waals surface area contributed by atoms with Crippen LogP contribution in [0, 0.1) is 0 Å². The van der Waals surface area contributed by atoms with Gasteiger partial charge in [-0.2, -0.15) is 4.31 Å². The van der Waals surface area contributed by atoms with Crippen LogP contribution >= 0.6 is 11.3 Å². The molecular formula is C13H22N2O3S3. The summed E-state index contributed by atoms with van der Waals surface area (Å²) in [7, 11) is -4.27. The Balaban J connectivity index is 1.97. The van der Waals surface area contributed by atoms with Gasteiger partial charge in [0.25, 0.3) is 10.0 Å². The minimum atomic E-state index is -3.40. The first-order chi connectivity index (χ1) is 10.0. The highest BCUT2D eigenvalue weighted by atomic mass is 32.2. The number of hydrogen-bond donors (Lipinski definition) is 1. The van der Waals surface area contributed by atoms with Crippen LogP contribution in [0.2, 0.25) is 0 Å². The van der Waals surface area contributed by atoms with Gasteiger partial charge in [0.15, 0.2) is 0 Å². The maximum absolute atomic E-state index is 12.5. The highest BCUT2D eigenvalue weighted by Gasteiger charge is 2.29. The Morgan fingerprint density at radius 2 is 2.00 bits per heavy atom. The Morgan fingerprint density at radius 1 is 1.29 bits per heavy atom. The molecule has 0 unspecified atom stereocenters. The summed E-state index contributed by atoms with van der Waals surface area (Å²) < 4.78 is 38.2. The molecule has 0 aromatic carbocycles. The molecule has 1 fully saturated rings. The van der Waals surface area contributed by atoms with Crippen molar-refractivity contribution in [2.75, 3.05) is 37.7 Å². The van der Waals surface area contributed by atoms with Gasteiger partial charge in [0.2, 0.25) is 0 Å². The third kappa shape index (κ3) is 4.59. The molecule has 0 spiro atoms. The highest BCUT2D eigenvalue weighted by molar-refractivity contribution is 7.91. The summed E-state index contributed by atoms with van der Waals surface area (Å²) in [6.45, 7) is 4.70. The summed E-state index contributed by atoms with van der Waals surface area (Å²) in [6.07, 6.45) is 1.95. The third-order valence-corrected chi connectivity index (χ3v) is 8.13. The van der Waals surface area contributed by atoms with E-state index in [4.69, 9.17) is 0 Å². The Kier molecular flexibility index (Phi) is 6.36. The highest BCUT2D eigenvalue weighted by Crippen LogP contribution is 2.25. The summed E-state index contributed by atoms with van der Waals surface area (Å²) in [6, 6.07) is 3.59. The third-order valence-electron chi connectivity index (χ3n) is 3.34. The second-order valence-electron chi connectivity index (χ2n) is 4.97. The van der Waals surface area contributed by atoms with E-state index in [-0.39, 0.29) is 0 Å². The number of sulfonamides is 1. The average molecular weight is 351 g/mol. The number of nitrogens with one attached hydrogen (secondary N) is 1. The number of hydrogen-bond acceptors (Lipinski definition) is 5. The van der Waals surface area contributed by atoms with Crippen LogP contribution in [0.15, 0.2) is 16.3 Å². The van der Waals surface area contributed by atoms with Gasteiger partial charge in [-0.15, -0.1) is 11.3 Å². The Hall–Kier alpha value is -0.280. The predicted octanol–water partition coefficient (Wildman–Crippen LogP) is 1.04. The van der Waals surface area contributed by atoms with Crippen molar-refractivity contribution < 1.29 is 12.6 Å². The van der Waals surface area contributed by atoms with Crippen molar-refractivity contribution in [2.45, 2.75) is 24.0 Å². The van der Waals surface area contributed by atoms with Crippen molar-refractivity contribution in [2.24, 2.45) is 0 Å². The Morgan fingerprint density at radius 3 is 2.67 bits per heavy atom. The van der Waals surface area contributed by atoms with Crippen molar-refractivity contribution in [1.29, 1.82) is 0 Å². The summed E-state index contributed by atoms with van der Waals surface area (Å²) >= 11 is 1.35. The first-order valence-electron chi connectivity index (χ1n) is 7.18.